The summed E-state index contributed by atoms with van der Waals surface area (Å²) in [5.74, 6) is 0.262. The van der Waals surface area contributed by atoms with E-state index in [4.69, 9.17) is 8.83 Å². The average molecular weight is 368 g/mol. The highest BCUT2D eigenvalue weighted by Crippen LogP contribution is 2.06. The zero-order chi connectivity index (χ0) is 19.5. The summed E-state index contributed by atoms with van der Waals surface area (Å²) in [4.78, 5) is 23.3. The summed E-state index contributed by atoms with van der Waals surface area (Å²) >= 11 is 0. The van der Waals surface area contributed by atoms with E-state index in [1.807, 2.05) is 0 Å². The van der Waals surface area contributed by atoms with Crippen molar-refractivity contribution in [1.29, 1.82) is 0 Å². The number of amides is 2. The number of hydrogen-bond donors (Lipinski definition) is 2. The Kier molecular flexibility index (Phi) is 7.52. The molecule has 8 heteroatoms. The topological polar surface area (TPSA) is 109 Å². The van der Waals surface area contributed by atoms with Crippen molar-refractivity contribution in [2.45, 2.75) is 20.3 Å². The molecule has 0 aliphatic carbocycles. The van der Waals surface area contributed by atoms with Gasteiger partial charge < -0.3 is 8.83 Å². The van der Waals surface area contributed by atoms with Gasteiger partial charge in [0.1, 0.15) is 17.9 Å². The van der Waals surface area contributed by atoms with Crippen LogP contribution in [0, 0.1) is 0 Å². The van der Waals surface area contributed by atoms with E-state index in [0.29, 0.717) is 11.5 Å². The first-order valence-corrected chi connectivity index (χ1v) is 8.10. The molecule has 2 aromatic heterocycles. The first kappa shape index (κ1) is 19.6. The molecule has 0 radical (unpaired) electrons. The average Bonchev–Trinajstić information content (AvgIpc) is 3.28. The lowest BCUT2D eigenvalue weighted by Crippen LogP contribution is -2.27. The van der Waals surface area contributed by atoms with E-state index in [-0.39, 0.29) is 0 Å². The Bertz CT molecular complexity index is 787. The molecule has 2 N–H and O–H groups in total. The molecule has 2 amide bonds. The predicted molar refractivity (Wildman–Crippen MR) is 103 cm³/mol. The van der Waals surface area contributed by atoms with Crippen LogP contribution in [-0.2, 0) is 9.59 Å². The molecule has 2 heterocycles. The molecule has 0 aromatic carbocycles. The zero-order valence-corrected chi connectivity index (χ0v) is 15.0. The van der Waals surface area contributed by atoms with Gasteiger partial charge in [-0.25, -0.2) is 10.9 Å². The van der Waals surface area contributed by atoms with Crippen LogP contribution < -0.4 is 10.9 Å². The molecule has 27 heavy (non-hydrogen) atoms. The van der Waals surface area contributed by atoms with E-state index in [1.54, 1.807) is 62.8 Å². The van der Waals surface area contributed by atoms with E-state index in [0.717, 1.165) is 11.1 Å². The third kappa shape index (κ3) is 7.82. The van der Waals surface area contributed by atoms with E-state index in [2.05, 4.69) is 21.1 Å². The number of furan rings is 2. The van der Waals surface area contributed by atoms with Crippen LogP contribution in [0.2, 0.25) is 0 Å². The van der Waals surface area contributed by atoms with Crippen LogP contribution in [0.15, 0.2) is 67.0 Å². The van der Waals surface area contributed by atoms with Crippen molar-refractivity contribution in [1.82, 2.24) is 10.9 Å². The van der Waals surface area contributed by atoms with Crippen LogP contribution in [0.1, 0.15) is 31.8 Å². The van der Waals surface area contributed by atoms with Gasteiger partial charge in [-0.1, -0.05) is 0 Å². The van der Waals surface area contributed by atoms with Crippen molar-refractivity contribution in [2.75, 3.05) is 0 Å². The van der Waals surface area contributed by atoms with Crippen molar-refractivity contribution in [3.05, 3.63) is 59.5 Å². The zero-order valence-electron chi connectivity index (χ0n) is 15.0. The second kappa shape index (κ2) is 10.3. The van der Waals surface area contributed by atoms with Gasteiger partial charge in [0.25, 0.3) is 0 Å². The Morgan fingerprint density at radius 2 is 1.33 bits per heavy atom. The van der Waals surface area contributed by atoms with Crippen LogP contribution in [0.5, 0.6) is 0 Å². The quantitative estimate of drug-likeness (QED) is 0.424. The molecule has 0 aliphatic heterocycles. The summed E-state index contributed by atoms with van der Waals surface area (Å²) in [6.45, 7) is 3.61. The van der Waals surface area contributed by atoms with Gasteiger partial charge in [0.15, 0.2) is 0 Å². The second-order valence-corrected chi connectivity index (χ2v) is 5.57. The molecule has 0 atom stereocenters. The Morgan fingerprint density at radius 3 is 1.70 bits per heavy atom. The number of hydrogen-bond acceptors (Lipinski definition) is 6. The van der Waals surface area contributed by atoms with Crippen molar-refractivity contribution in [3.63, 3.8) is 0 Å². The molecule has 0 saturated carbocycles. The smallest absolute Gasteiger partial charge is 0.249 e. The van der Waals surface area contributed by atoms with Gasteiger partial charge in [0, 0.05) is 0 Å². The van der Waals surface area contributed by atoms with Gasteiger partial charge in [-0.15, -0.1) is 0 Å². The van der Waals surface area contributed by atoms with Gasteiger partial charge in [-0.2, -0.15) is 10.2 Å². The molecule has 2 rings (SSSR count). The van der Waals surface area contributed by atoms with Gasteiger partial charge >= 0.3 is 0 Å². The number of carbonyl (C=O) groups is 2. The van der Waals surface area contributed by atoms with Crippen LogP contribution in [0.3, 0.4) is 0 Å². The highest BCUT2D eigenvalue weighted by atomic mass is 16.3. The minimum Gasteiger partial charge on any atom is -0.465 e. The van der Waals surface area contributed by atoms with Crippen LogP contribution in [0.25, 0.3) is 12.2 Å². The summed E-state index contributed by atoms with van der Waals surface area (Å²) < 4.78 is 10.3. The van der Waals surface area contributed by atoms with Crippen LogP contribution in [0.4, 0.5) is 0 Å². The third-order valence-electron chi connectivity index (χ3n) is 3.06. The van der Waals surface area contributed by atoms with Gasteiger partial charge in [0.2, 0.25) is 11.8 Å². The molecule has 0 aliphatic rings. The number of nitrogens with one attached hydrogen (secondary N) is 2. The van der Waals surface area contributed by atoms with E-state index >= 15 is 0 Å². The number of allylic oxidation sites excluding steroid dienone is 2. The molecular weight excluding hydrogens is 348 g/mol. The fraction of sp³-hybridized carbons (Fsp3) is 0.158. The van der Waals surface area contributed by atoms with Crippen molar-refractivity contribution in [3.8, 4) is 0 Å². The van der Waals surface area contributed by atoms with Gasteiger partial charge in [0.05, 0.1) is 25.0 Å². The van der Waals surface area contributed by atoms with E-state index in [1.165, 1.54) is 12.4 Å². The maximum atomic E-state index is 11.7. The fourth-order valence-corrected chi connectivity index (χ4v) is 1.91. The Morgan fingerprint density at radius 1 is 0.889 bits per heavy atom. The maximum Gasteiger partial charge on any atom is 0.249 e. The monoisotopic (exact) mass is 368 g/mol. The summed E-state index contributed by atoms with van der Waals surface area (Å²) in [6, 6.07) is 7.14. The number of hydrazone groups is 2. The molecule has 2 aromatic rings. The lowest BCUT2D eigenvalue weighted by atomic mass is 10.3. The highest BCUT2D eigenvalue weighted by Gasteiger charge is 2.07. The second-order valence-electron chi connectivity index (χ2n) is 5.57. The van der Waals surface area contributed by atoms with Crippen molar-refractivity contribution >= 4 is 36.4 Å². The van der Waals surface area contributed by atoms with E-state index < -0.39 is 18.2 Å². The number of nitrogens with zero attached hydrogens (tertiary/aromatic N) is 2. The van der Waals surface area contributed by atoms with Crippen LogP contribution >= 0.6 is 0 Å². The summed E-state index contributed by atoms with van der Waals surface area (Å²) in [5, 5.41) is 7.57. The first-order valence-electron chi connectivity index (χ1n) is 8.10. The van der Waals surface area contributed by atoms with Gasteiger partial charge in [-0.3, -0.25) is 9.59 Å². The minimum atomic E-state index is -0.549. The Hall–Kier alpha value is -3.68. The Labute approximate surface area is 156 Å². The molecule has 0 bridgehead atoms. The lowest BCUT2D eigenvalue weighted by molar-refractivity contribution is -0.129. The minimum absolute atomic E-state index is 0.392. The van der Waals surface area contributed by atoms with E-state index in [9.17, 15) is 9.59 Å². The van der Waals surface area contributed by atoms with Crippen molar-refractivity contribution in [2.24, 2.45) is 10.2 Å². The molecular formula is C19H20N4O4. The summed E-state index contributed by atoms with van der Waals surface area (Å²) in [5.41, 5.74) is 6.10. The van der Waals surface area contributed by atoms with Crippen molar-refractivity contribution < 1.29 is 18.4 Å². The maximum absolute atomic E-state index is 11.7. The molecule has 0 saturated heterocycles. The molecule has 0 unspecified atom stereocenters. The number of rotatable bonds is 8. The SMILES string of the molecule is CC(/C=N\NC(=O)CC(=O)N/N=C\C(C)=C\c1ccco1)=C\c1ccco1. The highest BCUT2D eigenvalue weighted by molar-refractivity contribution is 5.97. The lowest BCUT2D eigenvalue weighted by Gasteiger charge is -1.99. The third-order valence-corrected chi connectivity index (χ3v) is 3.06. The molecule has 0 fully saturated rings. The summed E-state index contributed by atoms with van der Waals surface area (Å²) in [7, 11) is 0. The van der Waals surface area contributed by atoms with Crippen LogP contribution in [-0.4, -0.2) is 24.2 Å². The van der Waals surface area contributed by atoms with Gasteiger partial charge in [-0.05, 0) is 61.4 Å². The molecule has 0 spiro atoms. The predicted octanol–water partition coefficient (Wildman–Crippen LogP) is 2.97. The Balaban J connectivity index is 1.71. The normalized spacial score (nSPS) is 12.7. The largest absolute Gasteiger partial charge is 0.465 e. The fourth-order valence-electron chi connectivity index (χ4n) is 1.91. The number of carbonyl (C=O) groups excluding carboxylic acids is 2. The molecule has 8 nitrogen and oxygen atoms in total. The summed E-state index contributed by atoms with van der Waals surface area (Å²) in [6.07, 6.45) is 9.17. The standard InChI is InChI=1S/C19H20N4O4/c1-14(9-16-5-3-7-26-16)12-20-22-18(24)11-19(25)23-21-13-15(2)10-17-6-4-8-27-17/h3-10,12-13H,11H2,1-2H3,(H,22,24)(H,23,25)/b14-9+,15-10+,20-12-,21-13-. The first-order chi connectivity index (χ1) is 13.0. The molecule has 140 valence electrons.